The lowest BCUT2D eigenvalue weighted by Crippen LogP contribution is -2.11. The van der Waals surface area contributed by atoms with Gasteiger partial charge in [0, 0.05) is 35.6 Å². The maximum Gasteiger partial charge on any atom is 0.307 e. The maximum atomic E-state index is 12.6. The van der Waals surface area contributed by atoms with E-state index in [1.165, 1.54) is 6.07 Å². The number of carboxylic acids is 1. The molecule has 2 N–H and O–H groups in total. The summed E-state index contributed by atoms with van der Waals surface area (Å²) in [5, 5.41) is 12.6. The van der Waals surface area contributed by atoms with E-state index < -0.39 is 5.97 Å². The van der Waals surface area contributed by atoms with E-state index in [2.05, 4.69) is 10.3 Å². The van der Waals surface area contributed by atoms with Gasteiger partial charge in [0.2, 0.25) is 0 Å². The molecule has 0 aliphatic rings. The molecule has 0 unspecified atom stereocenters. The monoisotopic (exact) mass is 548 g/mol. The lowest BCUT2D eigenvalue weighted by atomic mass is 10.00. The number of nitrogens with zero attached hydrogens (tertiary/aromatic N) is 1. The molecule has 0 bridgehead atoms. The normalized spacial score (nSPS) is 10.6. The number of anilines is 1. The highest BCUT2D eigenvalue weighted by molar-refractivity contribution is 6.42. The molecular weight excluding hydrogens is 527 g/mol. The van der Waals surface area contributed by atoms with Gasteiger partial charge in [0.15, 0.2) is 5.78 Å². The summed E-state index contributed by atoms with van der Waals surface area (Å²) >= 11 is 11.9. The number of rotatable bonds is 10. The summed E-state index contributed by atoms with van der Waals surface area (Å²) < 4.78 is 6.07. The molecule has 4 aromatic rings. The average molecular weight is 549 g/mol. The van der Waals surface area contributed by atoms with Crippen molar-refractivity contribution in [2.45, 2.75) is 19.3 Å². The number of aryl methyl sites for hydroxylation is 1. The number of benzene rings is 3. The molecule has 0 spiro atoms. The second-order valence-electron chi connectivity index (χ2n) is 8.38. The van der Waals surface area contributed by atoms with Gasteiger partial charge in [0.1, 0.15) is 11.5 Å². The van der Waals surface area contributed by atoms with Crippen molar-refractivity contribution in [2.75, 3.05) is 5.32 Å². The van der Waals surface area contributed by atoms with Crippen LogP contribution in [-0.4, -0.2) is 27.8 Å². The number of carbonyl (C=O) groups excluding carboxylic acids is 2. The summed E-state index contributed by atoms with van der Waals surface area (Å²) in [6.07, 6.45) is 3.56. The SMILES string of the molecule is O=C(O)Cc1ccc(Oc2ccc(NC(=O)c3ccc(Cl)c(Cl)c3)cc2)c(CCC(=O)c2ccncc2)c1. The van der Waals surface area contributed by atoms with E-state index in [1.807, 2.05) is 0 Å². The molecule has 0 atom stereocenters. The Balaban J connectivity index is 1.47. The van der Waals surface area contributed by atoms with Crippen LogP contribution < -0.4 is 10.1 Å². The number of aliphatic carboxylic acids is 1. The fourth-order valence-electron chi connectivity index (χ4n) is 3.72. The molecule has 1 heterocycles. The van der Waals surface area contributed by atoms with Gasteiger partial charge in [-0.25, -0.2) is 0 Å². The van der Waals surface area contributed by atoms with Crippen LogP contribution in [0.1, 0.15) is 38.3 Å². The van der Waals surface area contributed by atoms with Crippen LogP contribution in [0.3, 0.4) is 0 Å². The summed E-state index contributed by atoms with van der Waals surface area (Å²) in [5.74, 6) is -0.327. The first-order chi connectivity index (χ1) is 18.3. The number of ether oxygens (including phenoxy) is 1. The summed E-state index contributed by atoms with van der Waals surface area (Å²) in [5.41, 5.74) is 2.79. The number of hydrogen-bond donors (Lipinski definition) is 2. The molecule has 7 nitrogen and oxygen atoms in total. The van der Waals surface area contributed by atoms with Crippen LogP contribution >= 0.6 is 23.2 Å². The molecule has 9 heteroatoms. The maximum absolute atomic E-state index is 12.6. The second-order valence-corrected chi connectivity index (χ2v) is 9.20. The van der Waals surface area contributed by atoms with Crippen molar-refractivity contribution in [1.82, 2.24) is 4.98 Å². The van der Waals surface area contributed by atoms with Gasteiger partial charge in [0.05, 0.1) is 16.5 Å². The molecule has 38 heavy (non-hydrogen) atoms. The zero-order chi connectivity index (χ0) is 27.1. The number of nitrogens with one attached hydrogen (secondary N) is 1. The number of ketones is 1. The van der Waals surface area contributed by atoms with E-state index in [-0.39, 0.29) is 29.6 Å². The third-order valence-corrected chi connectivity index (χ3v) is 6.36. The summed E-state index contributed by atoms with van der Waals surface area (Å²) in [7, 11) is 0. The molecule has 4 rings (SSSR count). The number of carboxylic acid groups (broad SMARTS) is 1. The molecule has 0 saturated carbocycles. The molecule has 0 radical (unpaired) electrons. The van der Waals surface area contributed by atoms with Crippen LogP contribution in [0.4, 0.5) is 5.69 Å². The Hall–Kier alpha value is -4.20. The number of carbonyl (C=O) groups is 3. The van der Waals surface area contributed by atoms with Crippen LogP contribution in [0, 0.1) is 0 Å². The molecule has 0 saturated heterocycles. The van der Waals surface area contributed by atoms with E-state index in [0.717, 1.165) is 0 Å². The quantitative estimate of drug-likeness (QED) is 0.209. The third-order valence-electron chi connectivity index (χ3n) is 5.63. The first kappa shape index (κ1) is 26.9. The third kappa shape index (κ3) is 7.18. The van der Waals surface area contributed by atoms with E-state index >= 15 is 0 Å². The van der Waals surface area contributed by atoms with Gasteiger partial charge < -0.3 is 15.2 Å². The van der Waals surface area contributed by atoms with Crippen molar-refractivity contribution in [3.05, 3.63) is 117 Å². The van der Waals surface area contributed by atoms with Crippen LogP contribution in [-0.2, 0) is 17.6 Å². The second kappa shape index (κ2) is 12.4. The molecule has 0 aliphatic heterocycles. The summed E-state index contributed by atoms with van der Waals surface area (Å²) in [6, 6.07) is 19.8. The Bertz CT molecular complexity index is 1470. The highest BCUT2D eigenvalue weighted by Gasteiger charge is 2.13. The zero-order valence-corrected chi connectivity index (χ0v) is 21.5. The van der Waals surface area contributed by atoms with E-state index in [9.17, 15) is 19.5 Å². The van der Waals surface area contributed by atoms with Crippen molar-refractivity contribution < 1.29 is 24.2 Å². The van der Waals surface area contributed by atoms with Crippen molar-refractivity contribution in [3.8, 4) is 11.5 Å². The predicted octanol–water partition coefficient (Wildman–Crippen LogP) is 6.88. The van der Waals surface area contributed by atoms with Crippen LogP contribution in [0.15, 0.2) is 85.2 Å². The van der Waals surface area contributed by atoms with Gasteiger partial charge >= 0.3 is 5.97 Å². The number of halogens is 2. The molecule has 1 aromatic heterocycles. The Morgan fingerprint density at radius 1 is 0.842 bits per heavy atom. The number of pyridine rings is 1. The van der Waals surface area contributed by atoms with Crippen molar-refractivity contribution in [1.29, 1.82) is 0 Å². The number of amides is 1. The van der Waals surface area contributed by atoms with E-state index in [4.69, 9.17) is 27.9 Å². The van der Waals surface area contributed by atoms with Gasteiger partial charge in [-0.2, -0.15) is 0 Å². The van der Waals surface area contributed by atoms with Crippen LogP contribution in [0.5, 0.6) is 11.5 Å². The minimum Gasteiger partial charge on any atom is -0.481 e. The Morgan fingerprint density at radius 2 is 1.58 bits per heavy atom. The van der Waals surface area contributed by atoms with Gasteiger partial charge in [-0.1, -0.05) is 35.3 Å². The van der Waals surface area contributed by atoms with Crippen molar-refractivity contribution in [3.63, 3.8) is 0 Å². The number of Topliss-reactive ketones (excluding diaryl/α,β-unsaturated/α-hetero) is 1. The number of hydrogen-bond acceptors (Lipinski definition) is 5. The topological polar surface area (TPSA) is 106 Å². The number of aromatic nitrogens is 1. The minimum atomic E-state index is -0.948. The molecule has 3 aromatic carbocycles. The van der Waals surface area contributed by atoms with E-state index in [1.54, 1.807) is 79.1 Å². The van der Waals surface area contributed by atoms with Crippen LogP contribution in [0.2, 0.25) is 10.0 Å². The van der Waals surface area contributed by atoms with Gasteiger partial charge in [-0.15, -0.1) is 0 Å². The highest BCUT2D eigenvalue weighted by atomic mass is 35.5. The summed E-state index contributed by atoms with van der Waals surface area (Å²) in [4.78, 5) is 40.3. The zero-order valence-electron chi connectivity index (χ0n) is 20.0. The lowest BCUT2D eigenvalue weighted by Gasteiger charge is -2.13. The fourth-order valence-corrected chi connectivity index (χ4v) is 4.01. The predicted molar refractivity (Wildman–Crippen MR) is 146 cm³/mol. The van der Waals surface area contributed by atoms with Crippen LogP contribution in [0.25, 0.3) is 0 Å². The highest BCUT2D eigenvalue weighted by Crippen LogP contribution is 2.29. The lowest BCUT2D eigenvalue weighted by molar-refractivity contribution is -0.136. The molecule has 192 valence electrons. The largest absolute Gasteiger partial charge is 0.481 e. The van der Waals surface area contributed by atoms with E-state index in [0.29, 0.717) is 50.9 Å². The first-order valence-corrected chi connectivity index (χ1v) is 12.4. The van der Waals surface area contributed by atoms with Gasteiger partial charge in [-0.3, -0.25) is 19.4 Å². The minimum absolute atomic E-state index is 0.0518. The smallest absolute Gasteiger partial charge is 0.307 e. The summed E-state index contributed by atoms with van der Waals surface area (Å²) in [6.45, 7) is 0. The molecule has 1 amide bonds. The molecular formula is C29H22Cl2N2O5. The first-order valence-electron chi connectivity index (χ1n) is 11.6. The van der Waals surface area contributed by atoms with Crippen molar-refractivity contribution >= 4 is 46.5 Å². The average Bonchev–Trinajstić information content (AvgIpc) is 2.91. The molecule has 0 aliphatic carbocycles. The Kier molecular flexibility index (Phi) is 8.73. The fraction of sp³-hybridized carbons (Fsp3) is 0.103. The van der Waals surface area contributed by atoms with Gasteiger partial charge in [-0.05, 0) is 78.2 Å². The Labute approximate surface area is 229 Å². The standard InChI is InChI=1S/C29H22Cl2N2O5/c30-24-8-2-21(17-25(24)31)29(37)33-22-4-6-23(7-5-22)38-27-10-1-18(16-28(35)36)15-20(27)3-9-26(34)19-11-13-32-14-12-19/h1-2,4-8,10-15,17H,3,9,16H2,(H,33,37)(H,35,36). The Morgan fingerprint density at radius 3 is 2.26 bits per heavy atom. The van der Waals surface area contributed by atoms with Crippen molar-refractivity contribution in [2.24, 2.45) is 0 Å². The van der Waals surface area contributed by atoms with Gasteiger partial charge in [0.25, 0.3) is 5.91 Å². The molecule has 0 fully saturated rings.